The molecule has 10 heteroatoms. The number of rotatable bonds is 13. The van der Waals surface area contributed by atoms with Gasteiger partial charge in [-0.3, -0.25) is 13.9 Å². The summed E-state index contributed by atoms with van der Waals surface area (Å²) in [5.74, 6) is -1.10. The van der Waals surface area contributed by atoms with Gasteiger partial charge in [0, 0.05) is 12.6 Å². The Hall–Kier alpha value is -3.92. The van der Waals surface area contributed by atoms with Gasteiger partial charge in [-0.25, -0.2) is 12.8 Å². The van der Waals surface area contributed by atoms with Crippen LogP contribution in [-0.2, 0) is 26.2 Å². The van der Waals surface area contributed by atoms with Crippen molar-refractivity contribution >= 4 is 27.5 Å². The van der Waals surface area contributed by atoms with Gasteiger partial charge in [-0.15, -0.1) is 0 Å². The van der Waals surface area contributed by atoms with E-state index in [-0.39, 0.29) is 41.2 Å². The highest BCUT2D eigenvalue weighted by Gasteiger charge is 2.35. The number of anilines is 1. The molecular formula is C31H38FN3O5S. The van der Waals surface area contributed by atoms with Crippen LogP contribution in [0.25, 0.3) is 0 Å². The fraction of sp³-hybridized carbons (Fsp3) is 0.355. The van der Waals surface area contributed by atoms with Crippen LogP contribution < -0.4 is 14.4 Å². The molecule has 0 saturated carbocycles. The van der Waals surface area contributed by atoms with Gasteiger partial charge in [0.2, 0.25) is 11.8 Å². The summed E-state index contributed by atoms with van der Waals surface area (Å²) >= 11 is 0. The molecule has 3 aromatic carbocycles. The number of amides is 2. The molecule has 0 aromatic heterocycles. The molecule has 3 aromatic rings. The van der Waals surface area contributed by atoms with Crippen LogP contribution in [0.3, 0.4) is 0 Å². The number of benzene rings is 3. The van der Waals surface area contributed by atoms with Crippen LogP contribution >= 0.6 is 0 Å². The molecule has 0 spiro atoms. The molecule has 0 radical (unpaired) electrons. The second kappa shape index (κ2) is 14.1. The number of methoxy groups -OCH3 is 1. The van der Waals surface area contributed by atoms with E-state index >= 15 is 0 Å². The van der Waals surface area contributed by atoms with E-state index in [1.807, 2.05) is 20.8 Å². The lowest BCUT2D eigenvalue weighted by Crippen LogP contribution is -2.53. The molecule has 0 aliphatic carbocycles. The lowest BCUT2D eigenvalue weighted by Gasteiger charge is -2.34. The number of hydrogen-bond donors (Lipinski definition) is 1. The quantitative estimate of drug-likeness (QED) is 0.304. The Kier molecular flexibility index (Phi) is 10.9. The maximum Gasteiger partial charge on any atom is 0.264 e. The zero-order valence-electron chi connectivity index (χ0n) is 24.1. The van der Waals surface area contributed by atoms with Crippen molar-refractivity contribution in [2.75, 3.05) is 18.0 Å². The normalized spacial score (nSPS) is 12.7. The van der Waals surface area contributed by atoms with Gasteiger partial charge in [0.25, 0.3) is 10.0 Å². The maximum absolute atomic E-state index is 14.1. The van der Waals surface area contributed by atoms with Crippen LogP contribution in [0.4, 0.5) is 10.1 Å². The summed E-state index contributed by atoms with van der Waals surface area (Å²) in [6.45, 7) is 6.83. The number of carbonyl (C=O) groups is 2. The molecule has 2 amide bonds. The van der Waals surface area contributed by atoms with E-state index < -0.39 is 34.3 Å². The minimum Gasteiger partial charge on any atom is -0.495 e. The zero-order valence-corrected chi connectivity index (χ0v) is 24.9. The van der Waals surface area contributed by atoms with E-state index in [4.69, 9.17) is 4.74 Å². The fourth-order valence-corrected chi connectivity index (χ4v) is 5.76. The molecule has 3 rings (SSSR count). The second-order valence-electron chi connectivity index (χ2n) is 9.89. The molecule has 2 atom stereocenters. The van der Waals surface area contributed by atoms with Gasteiger partial charge in [0.05, 0.1) is 17.7 Å². The first-order chi connectivity index (χ1) is 19.5. The highest BCUT2D eigenvalue weighted by atomic mass is 32.2. The molecule has 0 fully saturated rings. The Bertz CT molecular complexity index is 1430. The third-order valence-electron chi connectivity index (χ3n) is 6.89. The molecule has 0 aliphatic heterocycles. The molecule has 0 heterocycles. The predicted molar refractivity (Wildman–Crippen MR) is 158 cm³/mol. The molecule has 0 bridgehead atoms. The Morgan fingerprint density at radius 1 is 0.951 bits per heavy atom. The third kappa shape index (κ3) is 7.85. The highest BCUT2D eigenvalue weighted by molar-refractivity contribution is 7.92. The van der Waals surface area contributed by atoms with E-state index in [1.54, 1.807) is 43.3 Å². The highest BCUT2D eigenvalue weighted by Crippen LogP contribution is 2.32. The van der Waals surface area contributed by atoms with Gasteiger partial charge in [0.1, 0.15) is 24.2 Å². The molecule has 41 heavy (non-hydrogen) atoms. The number of carbonyl (C=O) groups excluding carboxylic acids is 2. The lowest BCUT2D eigenvalue weighted by atomic mass is 10.1. The summed E-state index contributed by atoms with van der Waals surface area (Å²) in [7, 11) is -2.81. The largest absolute Gasteiger partial charge is 0.495 e. The topological polar surface area (TPSA) is 96.0 Å². The van der Waals surface area contributed by atoms with Crippen LogP contribution in [0.2, 0.25) is 0 Å². The number of hydrogen-bond acceptors (Lipinski definition) is 5. The predicted octanol–water partition coefficient (Wildman–Crippen LogP) is 5.06. The second-order valence-corrected chi connectivity index (χ2v) is 11.7. The van der Waals surface area contributed by atoms with Crippen molar-refractivity contribution in [3.63, 3.8) is 0 Å². The lowest BCUT2D eigenvalue weighted by molar-refractivity contribution is -0.140. The standard InChI is InChI=1S/C31H38FN3O5S/c1-6-23(4)33-31(37)27(7-2)34(20-24-14-16-25(32)17-15-24)30(36)21-35(28-10-8-9-11-29(28)40-5)41(38,39)26-18-12-22(3)13-19-26/h8-19,23,27H,6-7,20-21H2,1-5H3,(H,33,37). The average molecular weight is 584 g/mol. The van der Waals surface area contributed by atoms with Gasteiger partial charge >= 0.3 is 0 Å². The summed E-state index contributed by atoms with van der Waals surface area (Å²) in [6.07, 6.45) is 0.985. The van der Waals surface area contributed by atoms with Crippen LogP contribution in [0.1, 0.15) is 44.7 Å². The van der Waals surface area contributed by atoms with E-state index in [1.165, 1.54) is 48.4 Å². The molecule has 0 saturated heterocycles. The summed E-state index contributed by atoms with van der Waals surface area (Å²) in [6, 6.07) is 17.5. The smallest absolute Gasteiger partial charge is 0.264 e. The Balaban J connectivity index is 2.09. The number of nitrogens with one attached hydrogen (secondary N) is 1. The van der Waals surface area contributed by atoms with Gasteiger partial charge < -0.3 is 15.0 Å². The van der Waals surface area contributed by atoms with E-state index in [0.717, 1.165) is 9.87 Å². The molecular weight excluding hydrogens is 545 g/mol. The number of ether oxygens (including phenoxy) is 1. The zero-order chi connectivity index (χ0) is 30.2. The minimum atomic E-state index is -4.23. The monoisotopic (exact) mass is 583 g/mol. The van der Waals surface area contributed by atoms with E-state index in [0.29, 0.717) is 12.0 Å². The average Bonchev–Trinajstić information content (AvgIpc) is 2.96. The summed E-state index contributed by atoms with van der Waals surface area (Å²) < 4.78 is 48.1. The minimum absolute atomic E-state index is 0.00782. The molecule has 1 N–H and O–H groups in total. The van der Waals surface area contributed by atoms with Crippen LogP contribution in [0.5, 0.6) is 5.75 Å². The van der Waals surface area contributed by atoms with Crippen LogP contribution in [0.15, 0.2) is 77.7 Å². The van der Waals surface area contributed by atoms with Crippen LogP contribution in [-0.4, -0.2) is 50.9 Å². The van der Waals surface area contributed by atoms with E-state index in [9.17, 15) is 22.4 Å². The van der Waals surface area contributed by atoms with E-state index in [2.05, 4.69) is 5.32 Å². The number of halogens is 1. The molecule has 2 unspecified atom stereocenters. The molecule has 220 valence electrons. The van der Waals surface area contributed by atoms with Crippen molar-refractivity contribution in [2.45, 2.75) is 64.1 Å². The number of sulfonamides is 1. The van der Waals surface area contributed by atoms with Crippen molar-refractivity contribution in [3.8, 4) is 5.75 Å². The summed E-state index contributed by atoms with van der Waals surface area (Å²) in [5, 5.41) is 2.93. The van der Waals surface area contributed by atoms with Crippen LogP contribution in [0, 0.1) is 12.7 Å². The fourth-order valence-electron chi connectivity index (χ4n) is 4.33. The first-order valence-electron chi connectivity index (χ1n) is 13.6. The Morgan fingerprint density at radius 3 is 2.17 bits per heavy atom. The summed E-state index contributed by atoms with van der Waals surface area (Å²) in [5.41, 5.74) is 1.66. The van der Waals surface area contributed by atoms with Gasteiger partial charge in [-0.1, -0.05) is 55.8 Å². The van der Waals surface area contributed by atoms with Crippen molar-refractivity contribution in [3.05, 3.63) is 89.7 Å². The van der Waals surface area contributed by atoms with Crippen molar-refractivity contribution in [2.24, 2.45) is 0 Å². The van der Waals surface area contributed by atoms with Crippen molar-refractivity contribution in [1.29, 1.82) is 0 Å². The summed E-state index contributed by atoms with van der Waals surface area (Å²) in [4.78, 5) is 28.8. The first kappa shape index (κ1) is 31.6. The molecule has 8 nitrogen and oxygen atoms in total. The van der Waals surface area contributed by atoms with Gasteiger partial charge in [-0.05, 0) is 68.7 Å². The van der Waals surface area contributed by atoms with Gasteiger partial charge in [-0.2, -0.15) is 0 Å². The number of para-hydroxylation sites is 2. The molecule has 0 aliphatic rings. The Labute approximate surface area is 242 Å². The maximum atomic E-state index is 14.1. The first-order valence-corrected chi connectivity index (χ1v) is 15.0. The van der Waals surface area contributed by atoms with Gasteiger partial charge in [0.15, 0.2) is 0 Å². The number of nitrogens with zero attached hydrogens (tertiary/aromatic N) is 2. The van der Waals surface area contributed by atoms with Crippen molar-refractivity contribution < 1.29 is 27.1 Å². The number of aryl methyl sites for hydroxylation is 1. The SMILES string of the molecule is CCC(C)NC(=O)C(CC)N(Cc1ccc(F)cc1)C(=O)CN(c1ccccc1OC)S(=O)(=O)c1ccc(C)cc1. The Morgan fingerprint density at radius 2 is 1.59 bits per heavy atom. The third-order valence-corrected chi connectivity index (χ3v) is 8.67. The van der Waals surface area contributed by atoms with Crippen molar-refractivity contribution in [1.82, 2.24) is 10.2 Å².